The van der Waals surface area contributed by atoms with Crippen molar-refractivity contribution < 1.29 is 27.5 Å². The van der Waals surface area contributed by atoms with E-state index in [1.807, 2.05) is 13.8 Å². The van der Waals surface area contributed by atoms with Crippen LogP contribution >= 0.6 is 11.6 Å². The molecule has 0 aliphatic carbocycles. The molecule has 9 nitrogen and oxygen atoms in total. The summed E-state index contributed by atoms with van der Waals surface area (Å²) in [7, 11) is -4.00. The zero-order valence-electron chi connectivity index (χ0n) is 17.6. The Bertz CT molecular complexity index is 1070. The first-order valence-electron chi connectivity index (χ1n) is 9.70. The first kappa shape index (κ1) is 25.2. The first-order chi connectivity index (χ1) is 15.1. The maximum absolute atomic E-state index is 12.6. The van der Waals surface area contributed by atoms with Crippen molar-refractivity contribution in [3.05, 3.63) is 59.1 Å². The fourth-order valence-electron chi connectivity index (χ4n) is 2.46. The summed E-state index contributed by atoms with van der Waals surface area (Å²) in [5.41, 5.74) is -0.126. The molecule has 0 aliphatic heterocycles. The fraction of sp³-hybridized carbons (Fsp3) is 0.286. The van der Waals surface area contributed by atoms with Crippen molar-refractivity contribution in [1.29, 1.82) is 0 Å². The number of imide groups is 1. The number of nitrogens with one attached hydrogen (secondary N) is 3. The number of carbonyl (C=O) groups excluding carboxylic acids is 3. The van der Waals surface area contributed by atoms with Gasteiger partial charge in [-0.05, 0) is 48.7 Å². The molecule has 0 atom stereocenters. The lowest BCUT2D eigenvalue weighted by atomic mass is 10.1. The lowest BCUT2D eigenvalue weighted by Gasteiger charge is -2.12. The predicted octanol–water partition coefficient (Wildman–Crippen LogP) is 3.17. The van der Waals surface area contributed by atoms with Gasteiger partial charge in [-0.3, -0.25) is 14.8 Å². The van der Waals surface area contributed by atoms with Crippen LogP contribution in [0.15, 0.2) is 53.4 Å². The van der Waals surface area contributed by atoms with E-state index in [4.69, 9.17) is 16.3 Å². The van der Waals surface area contributed by atoms with Crippen molar-refractivity contribution >= 4 is 45.2 Å². The van der Waals surface area contributed by atoms with Gasteiger partial charge < -0.3 is 10.1 Å². The largest absolute Gasteiger partial charge is 0.452 e. The summed E-state index contributed by atoms with van der Waals surface area (Å²) in [6, 6.07) is 10.6. The van der Waals surface area contributed by atoms with Gasteiger partial charge in [0.05, 0.1) is 16.1 Å². The molecule has 172 valence electrons. The molecule has 2 aromatic rings. The molecule has 0 aliphatic rings. The predicted molar refractivity (Wildman–Crippen MR) is 120 cm³/mol. The number of hydrogen-bond acceptors (Lipinski definition) is 6. The zero-order valence-corrected chi connectivity index (χ0v) is 19.1. The van der Waals surface area contributed by atoms with Gasteiger partial charge >= 0.3 is 12.0 Å². The number of halogens is 1. The van der Waals surface area contributed by atoms with Gasteiger partial charge in [0.2, 0.25) is 0 Å². The third-order valence-electron chi connectivity index (χ3n) is 4.11. The summed E-state index contributed by atoms with van der Waals surface area (Å²) in [4.78, 5) is 35.9. The van der Waals surface area contributed by atoms with E-state index in [0.29, 0.717) is 17.5 Å². The summed E-state index contributed by atoms with van der Waals surface area (Å²) in [5.74, 6) is -1.36. The van der Waals surface area contributed by atoms with Gasteiger partial charge in [0.15, 0.2) is 6.61 Å². The van der Waals surface area contributed by atoms with Crippen LogP contribution in [0.25, 0.3) is 0 Å². The highest BCUT2D eigenvalue weighted by atomic mass is 35.5. The Morgan fingerprint density at radius 2 is 1.69 bits per heavy atom. The summed E-state index contributed by atoms with van der Waals surface area (Å²) >= 11 is 5.78. The van der Waals surface area contributed by atoms with Gasteiger partial charge in [0, 0.05) is 11.6 Å². The molecule has 0 saturated heterocycles. The van der Waals surface area contributed by atoms with E-state index in [0.717, 1.165) is 6.42 Å². The number of para-hydroxylation sites is 1. The van der Waals surface area contributed by atoms with Crippen LogP contribution in [-0.2, 0) is 19.6 Å². The van der Waals surface area contributed by atoms with Crippen LogP contribution in [-0.4, -0.2) is 39.5 Å². The molecule has 0 radical (unpaired) electrons. The maximum Gasteiger partial charge on any atom is 0.340 e. The van der Waals surface area contributed by atoms with Crippen LogP contribution in [0, 0.1) is 5.92 Å². The Morgan fingerprint density at radius 3 is 2.34 bits per heavy atom. The smallest absolute Gasteiger partial charge is 0.340 e. The number of urea groups is 1. The third kappa shape index (κ3) is 7.86. The van der Waals surface area contributed by atoms with E-state index in [9.17, 15) is 22.8 Å². The minimum atomic E-state index is -4.00. The Morgan fingerprint density at radius 1 is 1.03 bits per heavy atom. The molecule has 2 rings (SSSR count). The number of hydrogen-bond donors (Lipinski definition) is 3. The van der Waals surface area contributed by atoms with Crippen molar-refractivity contribution in [3.63, 3.8) is 0 Å². The molecule has 11 heteroatoms. The van der Waals surface area contributed by atoms with Crippen molar-refractivity contribution in [2.75, 3.05) is 17.9 Å². The molecule has 0 heterocycles. The highest BCUT2D eigenvalue weighted by molar-refractivity contribution is 7.92. The molecule has 0 bridgehead atoms. The maximum atomic E-state index is 12.6. The van der Waals surface area contributed by atoms with Crippen LogP contribution in [0.3, 0.4) is 0 Å². The molecular formula is C21H24ClN3O6S. The second-order valence-corrected chi connectivity index (χ2v) is 9.29. The van der Waals surface area contributed by atoms with E-state index in [2.05, 4.69) is 15.4 Å². The third-order valence-corrected chi connectivity index (χ3v) is 5.74. The van der Waals surface area contributed by atoms with E-state index < -0.39 is 34.5 Å². The molecule has 0 fully saturated rings. The number of esters is 1. The van der Waals surface area contributed by atoms with Crippen LogP contribution in [0.2, 0.25) is 5.02 Å². The van der Waals surface area contributed by atoms with Crippen LogP contribution in [0.4, 0.5) is 10.5 Å². The number of carbonyl (C=O) groups is 3. The van der Waals surface area contributed by atoms with Crippen LogP contribution < -0.4 is 15.4 Å². The Hall–Kier alpha value is -3.11. The summed E-state index contributed by atoms with van der Waals surface area (Å²) in [6.07, 6.45) is 0.749. The average Bonchev–Trinajstić information content (AvgIpc) is 2.72. The lowest BCUT2D eigenvalue weighted by molar-refractivity contribution is -0.123. The van der Waals surface area contributed by atoms with E-state index in [1.54, 1.807) is 0 Å². The van der Waals surface area contributed by atoms with E-state index >= 15 is 0 Å². The van der Waals surface area contributed by atoms with Crippen LogP contribution in [0.5, 0.6) is 0 Å². The topological polar surface area (TPSA) is 131 Å². The zero-order chi connectivity index (χ0) is 23.7. The highest BCUT2D eigenvalue weighted by Gasteiger charge is 2.20. The quantitative estimate of drug-likeness (QED) is 0.471. The van der Waals surface area contributed by atoms with Crippen molar-refractivity contribution in [2.45, 2.75) is 25.2 Å². The number of benzene rings is 2. The Balaban J connectivity index is 1.98. The van der Waals surface area contributed by atoms with Gasteiger partial charge in [0.25, 0.3) is 15.9 Å². The molecule has 0 aromatic heterocycles. The molecule has 3 N–H and O–H groups in total. The molecule has 3 amide bonds. The monoisotopic (exact) mass is 481 g/mol. The summed E-state index contributed by atoms with van der Waals surface area (Å²) in [5, 5.41) is 4.95. The van der Waals surface area contributed by atoms with Gasteiger partial charge in [-0.1, -0.05) is 37.6 Å². The minimum Gasteiger partial charge on any atom is -0.452 e. The highest BCUT2D eigenvalue weighted by Crippen LogP contribution is 2.22. The van der Waals surface area contributed by atoms with Crippen LogP contribution in [0.1, 0.15) is 30.6 Å². The second kappa shape index (κ2) is 11.5. The van der Waals surface area contributed by atoms with Gasteiger partial charge in [-0.25, -0.2) is 18.0 Å². The number of anilines is 1. The van der Waals surface area contributed by atoms with E-state index in [1.165, 1.54) is 48.5 Å². The van der Waals surface area contributed by atoms with Crippen molar-refractivity contribution in [2.24, 2.45) is 5.92 Å². The molecular weight excluding hydrogens is 458 g/mol. The minimum absolute atomic E-state index is 0.0284. The van der Waals surface area contributed by atoms with E-state index in [-0.39, 0.29) is 16.1 Å². The molecule has 0 spiro atoms. The van der Waals surface area contributed by atoms with Gasteiger partial charge in [-0.2, -0.15) is 0 Å². The normalized spacial score (nSPS) is 11.0. The lowest BCUT2D eigenvalue weighted by Crippen LogP contribution is -2.42. The van der Waals surface area contributed by atoms with Crippen molar-refractivity contribution in [1.82, 2.24) is 10.6 Å². The Kier molecular flexibility index (Phi) is 9.03. The number of ether oxygens (including phenoxy) is 1. The molecule has 0 unspecified atom stereocenters. The van der Waals surface area contributed by atoms with Crippen molar-refractivity contribution in [3.8, 4) is 0 Å². The summed E-state index contributed by atoms with van der Waals surface area (Å²) < 4.78 is 32.4. The SMILES string of the molecule is CC(C)CCNC(=O)NC(=O)COC(=O)c1ccccc1NS(=O)(=O)c1ccc(Cl)cc1. The molecule has 32 heavy (non-hydrogen) atoms. The van der Waals surface area contributed by atoms with Gasteiger partial charge in [0.1, 0.15) is 0 Å². The standard InChI is InChI=1S/C21H24ClN3O6S/c1-14(2)11-12-23-21(28)24-19(26)13-31-20(27)17-5-3-4-6-18(17)25-32(29,30)16-9-7-15(22)8-10-16/h3-10,14,25H,11-13H2,1-2H3,(H2,23,24,26,28). The summed E-state index contributed by atoms with van der Waals surface area (Å²) in [6.45, 7) is 3.68. The number of sulfonamides is 1. The average molecular weight is 482 g/mol. The second-order valence-electron chi connectivity index (χ2n) is 7.17. The number of rotatable bonds is 9. The Labute approximate surface area is 191 Å². The molecule has 2 aromatic carbocycles. The molecule has 0 saturated carbocycles. The first-order valence-corrected chi connectivity index (χ1v) is 11.6. The number of amides is 3. The van der Waals surface area contributed by atoms with Gasteiger partial charge in [-0.15, -0.1) is 0 Å². The fourth-order valence-corrected chi connectivity index (χ4v) is 3.66.